The SMILES string of the molecule is CC(C)(C)OC(=O)N1CCN(c2c(Cl)cncc2Cl)CC(O)C1. The van der Waals surface area contributed by atoms with Gasteiger partial charge in [0.2, 0.25) is 0 Å². The van der Waals surface area contributed by atoms with Crippen molar-refractivity contribution < 1.29 is 14.6 Å². The predicted octanol–water partition coefficient (Wildman–Crippen LogP) is 2.81. The molecule has 0 saturated carbocycles. The van der Waals surface area contributed by atoms with E-state index >= 15 is 0 Å². The second-order valence-corrected chi connectivity index (χ2v) is 7.29. The summed E-state index contributed by atoms with van der Waals surface area (Å²) in [4.78, 5) is 19.5. The van der Waals surface area contributed by atoms with Crippen molar-refractivity contribution >= 4 is 35.0 Å². The number of nitrogens with zero attached hydrogens (tertiary/aromatic N) is 3. The third-order valence-electron chi connectivity index (χ3n) is 3.30. The third kappa shape index (κ3) is 4.86. The summed E-state index contributed by atoms with van der Waals surface area (Å²) >= 11 is 12.3. The number of carbonyl (C=O) groups is 1. The van der Waals surface area contributed by atoms with Crippen molar-refractivity contribution in [3.05, 3.63) is 22.4 Å². The molecule has 0 aromatic carbocycles. The number of pyridine rings is 1. The Labute approximate surface area is 145 Å². The van der Waals surface area contributed by atoms with Gasteiger partial charge in [0.25, 0.3) is 0 Å². The van der Waals surface area contributed by atoms with Crippen molar-refractivity contribution in [3.63, 3.8) is 0 Å². The number of hydrogen-bond donors (Lipinski definition) is 1. The first-order valence-corrected chi connectivity index (χ1v) is 8.13. The van der Waals surface area contributed by atoms with Gasteiger partial charge in [0.15, 0.2) is 0 Å². The van der Waals surface area contributed by atoms with Gasteiger partial charge >= 0.3 is 6.09 Å². The van der Waals surface area contributed by atoms with E-state index in [0.717, 1.165) is 0 Å². The lowest BCUT2D eigenvalue weighted by Gasteiger charge is -2.27. The normalized spacial score (nSPS) is 19.5. The zero-order chi connectivity index (χ0) is 17.2. The summed E-state index contributed by atoms with van der Waals surface area (Å²) in [6.07, 6.45) is 1.84. The number of ether oxygens (including phenoxy) is 1. The Hall–Kier alpha value is -1.24. The highest BCUT2D eigenvalue weighted by Gasteiger charge is 2.29. The van der Waals surface area contributed by atoms with Crippen LogP contribution in [-0.4, -0.2) is 59.0 Å². The first-order valence-electron chi connectivity index (χ1n) is 7.37. The summed E-state index contributed by atoms with van der Waals surface area (Å²) in [6.45, 7) is 6.83. The number of rotatable bonds is 1. The molecule has 2 rings (SSSR count). The average Bonchev–Trinajstić information content (AvgIpc) is 2.58. The van der Waals surface area contributed by atoms with Crippen LogP contribution >= 0.6 is 23.2 Å². The molecular weight excluding hydrogens is 341 g/mol. The summed E-state index contributed by atoms with van der Waals surface area (Å²) in [7, 11) is 0. The Bertz CT molecular complexity index is 557. The lowest BCUT2D eigenvalue weighted by Crippen LogP contribution is -2.41. The Morgan fingerprint density at radius 1 is 1.26 bits per heavy atom. The molecule has 1 aliphatic heterocycles. The van der Waals surface area contributed by atoms with Crippen molar-refractivity contribution in [1.29, 1.82) is 0 Å². The topological polar surface area (TPSA) is 65.9 Å². The molecule has 1 saturated heterocycles. The molecule has 0 radical (unpaired) electrons. The standard InChI is InChI=1S/C15H21Cl2N3O3/c1-15(2,3)23-14(22)20-5-4-19(8-10(21)9-20)13-11(16)6-18-7-12(13)17/h6-7,10,21H,4-5,8-9H2,1-3H3. The summed E-state index contributed by atoms with van der Waals surface area (Å²) < 4.78 is 5.36. The molecule has 1 atom stereocenters. The minimum absolute atomic E-state index is 0.200. The molecule has 1 amide bonds. The van der Waals surface area contributed by atoms with Crippen LogP contribution in [0.1, 0.15) is 20.8 Å². The van der Waals surface area contributed by atoms with E-state index in [1.807, 2.05) is 25.7 Å². The van der Waals surface area contributed by atoms with Gasteiger partial charge in [0, 0.05) is 32.0 Å². The van der Waals surface area contributed by atoms with Crippen LogP contribution in [0.2, 0.25) is 10.0 Å². The molecule has 6 nitrogen and oxygen atoms in total. The predicted molar refractivity (Wildman–Crippen MR) is 90.3 cm³/mol. The Morgan fingerprint density at radius 2 is 1.87 bits per heavy atom. The lowest BCUT2D eigenvalue weighted by molar-refractivity contribution is 0.0186. The molecule has 8 heteroatoms. The number of anilines is 1. The van der Waals surface area contributed by atoms with Crippen LogP contribution in [0.15, 0.2) is 12.4 Å². The maximum atomic E-state index is 12.2. The Kier molecular flexibility index (Phi) is 5.60. The number of amides is 1. The largest absolute Gasteiger partial charge is 0.444 e. The van der Waals surface area contributed by atoms with E-state index in [4.69, 9.17) is 27.9 Å². The lowest BCUT2D eigenvalue weighted by atomic mass is 10.2. The second-order valence-electron chi connectivity index (χ2n) is 6.48. The highest BCUT2D eigenvalue weighted by Crippen LogP contribution is 2.33. The van der Waals surface area contributed by atoms with E-state index in [1.54, 1.807) is 0 Å². The van der Waals surface area contributed by atoms with Crippen LogP contribution in [0.4, 0.5) is 10.5 Å². The molecule has 1 unspecified atom stereocenters. The number of β-amino-alcohol motifs (C(OH)–C–C–N with tert-alkyl or cyclic N) is 1. The van der Waals surface area contributed by atoms with Gasteiger partial charge < -0.3 is 19.6 Å². The molecule has 1 aliphatic rings. The highest BCUT2D eigenvalue weighted by molar-refractivity contribution is 6.38. The van der Waals surface area contributed by atoms with Crippen LogP contribution in [0, 0.1) is 0 Å². The number of hydrogen-bond acceptors (Lipinski definition) is 5. The average molecular weight is 362 g/mol. The molecule has 1 N–H and O–H groups in total. The van der Waals surface area contributed by atoms with Crippen molar-refractivity contribution in [2.45, 2.75) is 32.5 Å². The summed E-state index contributed by atoms with van der Waals surface area (Å²) in [5.74, 6) is 0. The van der Waals surface area contributed by atoms with Crippen LogP contribution < -0.4 is 4.90 Å². The first kappa shape index (κ1) is 18.1. The van der Waals surface area contributed by atoms with E-state index in [0.29, 0.717) is 35.4 Å². The van der Waals surface area contributed by atoms with Gasteiger partial charge in [-0.15, -0.1) is 0 Å². The zero-order valence-electron chi connectivity index (χ0n) is 13.4. The van der Waals surface area contributed by atoms with Gasteiger partial charge in [-0.3, -0.25) is 4.98 Å². The molecular formula is C15H21Cl2N3O3. The summed E-state index contributed by atoms with van der Waals surface area (Å²) in [5, 5.41) is 11.1. The van der Waals surface area contributed by atoms with Crippen LogP contribution in [0.3, 0.4) is 0 Å². The number of aliphatic hydroxyl groups is 1. The maximum absolute atomic E-state index is 12.2. The number of carbonyl (C=O) groups excluding carboxylic acids is 1. The van der Waals surface area contributed by atoms with Gasteiger partial charge in [-0.25, -0.2) is 4.79 Å². The summed E-state index contributed by atoms with van der Waals surface area (Å²) in [6, 6.07) is 0. The molecule has 0 bridgehead atoms. The maximum Gasteiger partial charge on any atom is 0.410 e. The first-order chi connectivity index (χ1) is 10.7. The van der Waals surface area contributed by atoms with Gasteiger partial charge in [-0.2, -0.15) is 0 Å². The minimum atomic E-state index is -0.731. The van der Waals surface area contributed by atoms with Crippen LogP contribution in [0.25, 0.3) is 0 Å². The third-order valence-corrected chi connectivity index (χ3v) is 3.85. The monoisotopic (exact) mass is 361 g/mol. The quantitative estimate of drug-likeness (QED) is 0.832. The van der Waals surface area contributed by atoms with Gasteiger partial charge in [0.1, 0.15) is 5.60 Å². The van der Waals surface area contributed by atoms with E-state index in [1.165, 1.54) is 17.3 Å². The van der Waals surface area contributed by atoms with Crippen molar-refractivity contribution in [2.24, 2.45) is 0 Å². The van der Waals surface area contributed by atoms with Gasteiger partial charge in [-0.1, -0.05) is 23.2 Å². The molecule has 23 heavy (non-hydrogen) atoms. The van der Waals surface area contributed by atoms with Crippen molar-refractivity contribution in [2.75, 3.05) is 31.1 Å². The smallest absolute Gasteiger partial charge is 0.410 e. The minimum Gasteiger partial charge on any atom is -0.444 e. The molecule has 2 heterocycles. The van der Waals surface area contributed by atoms with Gasteiger partial charge in [0.05, 0.1) is 28.4 Å². The molecule has 1 aromatic heterocycles. The van der Waals surface area contributed by atoms with Gasteiger partial charge in [-0.05, 0) is 20.8 Å². The van der Waals surface area contributed by atoms with E-state index in [2.05, 4.69) is 4.98 Å². The molecule has 0 spiro atoms. The fourth-order valence-corrected chi connectivity index (χ4v) is 3.00. The fraction of sp³-hybridized carbons (Fsp3) is 0.600. The molecule has 128 valence electrons. The van der Waals surface area contributed by atoms with E-state index in [9.17, 15) is 9.90 Å². The van der Waals surface area contributed by atoms with E-state index in [-0.39, 0.29) is 6.54 Å². The Morgan fingerprint density at radius 3 is 2.43 bits per heavy atom. The van der Waals surface area contributed by atoms with Crippen molar-refractivity contribution in [1.82, 2.24) is 9.88 Å². The van der Waals surface area contributed by atoms with Crippen molar-refractivity contribution in [3.8, 4) is 0 Å². The molecule has 1 fully saturated rings. The summed E-state index contributed by atoms with van der Waals surface area (Å²) in [5.41, 5.74) is 0.0413. The van der Waals surface area contributed by atoms with Crippen LogP contribution in [-0.2, 0) is 4.74 Å². The molecule has 1 aromatic rings. The van der Waals surface area contributed by atoms with E-state index < -0.39 is 17.8 Å². The zero-order valence-corrected chi connectivity index (χ0v) is 14.9. The highest BCUT2D eigenvalue weighted by atomic mass is 35.5. The number of aliphatic hydroxyl groups excluding tert-OH is 1. The second kappa shape index (κ2) is 7.11. The van der Waals surface area contributed by atoms with Crippen LogP contribution in [0.5, 0.6) is 0 Å². The molecule has 0 aliphatic carbocycles. The fourth-order valence-electron chi connectivity index (χ4n) is 2.39. The Balaban J connectivity index is 2.14. The number of aromatic nitrogens is 1. The number of halogens is 2.